The van der Waals surface area contributed by atoms with Crippen LogP contribution in [-0.4, -0.2) is 31.8 Å². The van der Waals surface area contributed by atoms with Crippen molar-refractivity contribution < 1.29 is 18.3 Å². The van der Waals surface area contributed by atoms with Gasteiger partial charge in [0.2, 0.25) is 10.0 Å². The van der Waals surface area contributed by atoms with Crippen LogP contribution in [0.25, 0.3) is 0 Å². The molecule has 0 aromatic heterocycles. The average molecular weight is 181 g/mol. The second-order valence-corrected chi connectivity index (χ2v) is 4.04. The summed E-state index contributed by atoms with van der Waals surface area (Å²) in [7, 11) is -3.23. The predicted molar refractivity (Wildman–Crippen MR) is 39.7 cm³/mol. The van der Waals surface area contributed by atoms with Gasteiger partial charge in [-0.25, -0.2) is 13.1 Å². The van der Waals surface area contributed by atoms with Gasteiger partial charge in [-0.05, 0) is 6.92 Å². The minimum absolute atomic E-state index is 0.0212. The van der Waals surface area contributed by atoms with Crippen LogP contribution in [0, 0.1) is 0 Å². The Morgan fingerprint density at radius 1 is 1.55 bits per heavy atom. The molecule has 0 fully saturated rings. The van der Waals surface area contributed by atoms with Crippen molar-refractivity contribution in [3.63, 3.8) is 0 Å². The highest BCUT2D eigenvalue weighted by molar-refractivity contribution is 7.89. The molecule has 11 heavy (non-hydrogen) atoms. The molecule has 0 atom stereocenters. The molecule has 5 nitrogen and oxygen atoms in total. The Balaban J connectivity index is 3.63. The lowest BCUT2D eigenvalue weighted by atomic mass is 10.5. The number of carboxylic acids is 1. The van der Waals surface area contributed by atoms with Crippen LogP contribution in [0.4, 0.5) is 0 Å². The number of aliphatic carboxylic acids is 1. The number of hydrogen-bond acceptors (Lipinski definition) is 3. The van der Waals surface area contributed by atoms with Gasteiger partial charge in [0.05, 0.1) is 12.2 Å². The molecule has 0 aliphatic heterocycles. The maximum atomic E-state index is 10.7. The molecule has 0 aliphatic rings. The van der Waals surface area contributed by atoms with E-state index in [2.05, 4.69) is 4.72 Å². The Bertz CT molecular complexity index is 221. The van der Waals surface area contributed by atoms with E-state index < -0.39 is 16.0 Å². The second kappa shape index (κ2) is 4.30. The summed E-state index contributed by atoms with van der Waals surface area (Å²) in [5.41, 5.74) is 0. The molecule has 0 heterocycles. The SMILES string of the molecule is CCS(=O)(=O)NCCC(=O)O. The van der Waals surface area contributed by atoms with Gasteiger partial charge in [-0.1, -0.05) is 0 Å². The molecule has 66 valence electrons. The molecular formula is C5H11NO4S. The lowest BCUT2D eigenvalue weighted by Crippen LogP contribution is -2.27. The fraction of sp³-hybridized carbons (Fsp3) is 0.800. The van der Waals surface area contributed by atoms with Crippen molar-refractivity contribution in [1.29, 1.82) is 0 Å². The first-order valence-electron chi connectivity index (χ1n) is 3.17. The number of sulfonamides is 1. The van der Waals surface area contributed by atoms with Gasteiger partial charge in [0.25, 0.3) is 0 Å². The topological polar surface area (TPSA) is 83.5 Å². The van der Waals surface area contributed by atoms with Gasteiger partial charge in [-0.3, -0.25) is 4.79 Å². The molecule has 2 N–H and O–H groups in total. The predicted octanol–water partition coefficient (Wildman–Crippen LogP) is -0.600. The van der Waals surface area contributed by atoms with E-state index >= 15 is 0 Å². The summed E-state index contributed by atoms with van der Waals surface area (Å²) in [6, 6.07) is 0. The molecule has 0 spiro atoms. The van der Waals surface area contributed by atoms with Gasteiger partial charge < -0.3 is 5.11 Å². The van der Waals surface area contributed by atoms with Gasteiger partial charge in [0.15, 0.2) is 0 Å². The summed E-state index contributed by atoms with van der Waals surface area (Å²) in [6.07, 6.45) is -0.181. The zero-order valence-corrected chi connectivity index (χ0v) is 7.02. The largest absolute Gasteiger partial charge is 0.481 e. The van der Waals surface area contributed by atoms with E-state index in [0.29, 0.717) is 0 Å². The molecular weight excluding hydrogens is 170 g/mol. The van der Waals surface area contributed by atoms with E-state index in [0.717, 1.165) is 0 Å². The third-order valence-corrected chi connectivity index (χ3v) is 2.44. The van der Waals surface area contributed by atoms with Gasteiger partial charge in [0.1, 0.15) is 0 Å². The summed E-state index contributed by atoms with van der Waals surface area (Å²) in [4.78, 5) is 9.94. The molecule has 0 saturated carbocycles. The fourth-order valence-electron chi connectivity index (χ4n) is 0.416. The first kappa shape index (κ1) is 10.4. The zero-order valence-electron chi connectivity index (χ0n) is 6.20. The normalized spacial score (nSPS) is 11.4. The molecule has 0 saturated heterocycles. The summed E-state index contributed by atoms with van der Waals surface area (Å²) >= 11 is 0. The van der Waals surface area contributed by atoms with Crippen molar-refractivity contribution >= 4 is 16.0 Å². The van der Waals surface area contributed by atoms with E-state index in [1.54, 1.807) is 0 Å². The van der Waals surface area contributed by atoms with Gasteiger partial charge >= 0.3 is 5.97 Å². The van der Waals surface area contributed by atoms with Crippen molar-refractivity contribution in [2.24, 2.45) is 0 Å². The number of carbonyl (C=O) groups is 1. The van der Waals surface area contributed by atoms with Crippen LogP contribution in [0.2, 0.25) is 0 Å². The number of hydrogen-bond donors (Lipinski definition) is 2. The molecule has 0 amide bonds. The number of nitrogens with one attached hydrogen (secondary N) is 1. The van der Waals surface area contributed by atoms with Gasteiger partial charge in [-0.2, -0.15) is 0 Å². The minimum Gasteiger partial charge on any atom is -0.481 e. The summed E-state index contributed by atoms with van der Waals surface area (Å²) < 4.78 is 23.5. The minimum atomic E-state index is -3.23. The molecule has 0 unspecified atom stereocenters. The van der Waals surface area contributed by atoms with Crippen LogP contribution in [0.1, 0.15) is 13.3 Å². The summed E-state index contributed by atoms with van der Waals surface area (Å²) in [6.45, 7) is 1.45. The maximum absolute atomic E-state index is 10.7. The second-order valence-electron chi connectivity index (χ2n) is 1.94. The molecule has 0 aromatic rings. The van der Waals surface area contributed by atoms with Crippen molar-refractivity contribution in [2.45, 2.75) is 13.3 Å². The highest BCUT2D eigenvalue weighted by atomic mass is 32.2. The third kappa shape index (κ3) is 5.81. The van der Waals surface area contributed by atoms with Crippen molar-refractivity contribution in [3.8, 4) is 0 Å². The molecule has 0 aromatic carbocycles. The standard InChI is InChI=1S/C5H11NO4S/c1-2-11(9,10)6-4-3-5(7)8/h6H,2-4H2,1H3,(H,7,8). The van der Waals surface area contributed by atoms with E-state index in [1.165, 1.54) is 6.92 Å². The van der Waals surface area contributed by atoms with Crippen molar-refractivity contribution in [3.05, 3.63) is 0 Å². The Morgan fingerprint density at radius 3 is 2.45 bits per heavy atom. The van der Waals surface area contributed by atoms with Crippen molar-refractivity contribution in [2.75, 3.05) is 12.3 Å². The van der Waals surface area contributed by atoms with Crippen LogP contribution < -0.4 is 4.72 Å². The Kier molecular flexibility index (Phi) is 4.06. The van der Waals surface area contributed by atoms with Gasteiger partial charge in [0, 0.05) is 6.54 Å². The quantitative estimate of drug-likeness (QED) is 0.593. The number of carboxylic acid groups (broad SMARTS) is 1. The molecule has 0 bridgehead atoms. The van der Waals surface area contributed by atoms with Crippen LogP contribution in [-0.2, 0) is 14.8 Å². The lowest BCUT2D eigenvalue weighted by molar-refractivity contribution is -0.136. The molecule has 0 rings (SSSR count). The van der Waals surface area contributed by atoms with Crippen LogP contribution in [0.5, 0.6) is 0 Å². The van der Waals surface area contributed by atoms with E-state index in [-0.39, 0.29) is 18.7 Å². The van der Waals surface area contributed by atoms with Crippen molar-refractivity contribution in [1.82, 2.24) is 4.72 Å². The zero-order chi connectivity index (χ0) is 8.91. The first-order chi connectivity index (χ1) is 4.98. The molecule has 6 heteroatoms. The summed E-state index contributed by atoms with van der Waals surface area (Å²) in [5, 5.41) is 8.15. The Morgan fingerprint density at radius 2 is 2.09 bits per heavy atom. The summed E-state index contributed by atoms with van der Waals surface area (Å²) in [5.74, 6) is -1.03. The van der Waals surface area contributed by atoms with Gasteiger partial charge in [-0.15, -0.1) is 0 Å². The van der Waals surface area contributed by atoms with E-state index in [1.807, 2.05) is 0 Å². The van der Waals surface area contributed by atoms with Crippen LogP contribution in [0.15, 0.2) is 0 Å². The Labute approximate surface area is 65.5 Å². The van der Waals surface area contributed by atoms with Crippen LogP contribution >= 0.6 is 0 Å². The van der Waals surface area contributed by atoms with E-state index in [4.69, 9.17) is 5.11 Å². The molecule has 0 aliphatic carbocycles. The smallest absolute Gasteiger partial charge is 0.304 e. The number of rotatable bonds is 5. The highest BCUT2D eigenvalue weighted by Gasteiger charge is 2.05. The van der Waals surface area contributed by atoms with Crippen LogP contribution in [0.3, 0.4) is 0 Å². The average Bonchev–Trinajstić information content (AvgIpc) is 1.87. The third-order valence-electron chi connectivity index (χ3n) is 1.04. The maximum Gasteiger partial charge on any atom is 0.304 e. The molecule has 0 radical (unpaired) electrons. The monoisotopic (exact) mass is 181 g/mol. The Hall–Kier alpha value is -0.620. The van der Waals surface area contributed by atoms with E-state index in [9.17, 15) is 13.2 Å². The fourth-order valence-corrected chi connectivity index (χ4v) is 1.03. The lowest BCUT2D eigenvalue weighted by Gasteiger charge is -2.00. The first-order valence-corrected chi connectivity index (χ1v) is 4.82. The highest BCUT2D eigenvalue weighted by Crippen LogP contribution is 1.83.